The minimum absolute atomic E-state index is 0.0415. The lowest BCUT2D eigenvalue weighted by Crippen LogP contribution is -2.43. The van der Waals surface area contributed by atoms with Gasteiger partial charge in [0.15, 0.2) is 0 Å². The second-order valence-corrected chi connectivity index (χ2v) is 8.69. The second-order valence-electron chi connectivity index (χ2n) is 5.94. The third-order valence-corrected chi connectivity index (χ3v) is 6.66. The van der Waals surface area contributed by atoms with Gasteiger partial charge in [-0.15, -0.1) is 11.3 Å². The van der Waals surface area contributed by atoms with Gasteiger partial charge in [-0.2, -0.15) is 0 Å². The fourth-order valence-electron chi connectivity index (χ4n) is 2.84. The summed E-state index contributed by atoms with van der Waals surface area (Å²) in [6.07, 6.45) is 0. The van der Waals surface area contributed by atoms with E-state index in [0.717, 1.165) is 18.0 Å². The Morgan fingerprint density at radius 3 is 2.72 bits per heavy atom. The molecule has 1 aliphatic rings. The first-order valence-electron chi connectivity index (χ1n) is 8.08. The zero-order valence-electron chi connectivity index (χ0n) is 13.9. The van der Waals surface area contributed by atoms with Crippen molar-refractivity contribution in [2.24, 2.45) is 0 Å². The molecule has 3 rings (SSSR count). The number of nitrogens with one attached hydrogen (secondary N) is 1. The Morgan fingerprint density at radius 1 is 1.32 bits per heavy atom. The van der Waals surface area contributed by atoms with Crippen LogP contribution in [0.1, 0.15) is 16.5 Å². The number of benzene rings is 1. The van der Waals surface area contributed by atoms with Crippen molar-refractivity contribution in [1.29, 1.82) is 0 Å². The molecule has 0 amide bonds. The summed E-state index contributed by atoms with van der Waals surface area (Å²) in [5, 5.41) is 1.99. The number of thiophene rings is 1. The zero-order valence-corrected chi connectivity index (χ0v) is 15.6. The molecule has 1 saturated heterocycles. The molecular weight excluding hydrogens is 363 g/mol. The molecule has 1 N–H and O–H groups in total. The van der Waals surface area contributed by atoms with Crippen LogP contribution in [0.15, 0.2) is 40.6 Å². The van der Waals surface area contributed by atoms with Crippen LogP contribution in [0, 0.1) is 12.7 Å². The zero-order chi connectivity index (χ0) is 17.9. The lowest BCUT2D eigenvalue weighted by Gasteiger charge is -2.34. The van der Waals surface area contributed by atoms with Crippen LogP contribution in [-0.2, 0) is 14.8 Å². The standard InChI is InChI=1S/C17H21FN2O3S2/c1-13-11-14(4-5-15(13)18)25(21,22)19-12-16(17-3-2-10-24-17)20-6-8-23-9-7-20/h2-5,10-11,16,19H,6-9,12H2,1H3/t16-/m1/s1. The van der Waals surface area contributed by atoms with Gasteiger partial charge in [0, 0.05) is 24.5 Å². The van der Waals surface area contributed by atoms with E-state index in [-0.39, 0.29) is 17.5 Å². The van der Waals surface area contributed by atoms with Crippen LogP contribution < -0.4 is 4.72 Å². The quantitative estimate of drug-likeness (QED) is 0.832. The van der Waals surface area contributed by atoms with Crippen molar-refractivity contribution in [2.45, 2.75) is 17.9 Å². The molecule has 1 aliphatic heterocycles. The Morgan fingerprint density at radius 2 is 2.08 bits per heavy atom. The average molecular weight is 384 g/mol. The fraction of sp³-hybridized carbons (Fsp3) is 0.412. The largest absolute Gasteiger partial charge is 0.379 e. The number of hydrogen-bond donors (Lipinski definition) is 1. The molecule has 136 valence electrons. The minimum atomic E-state index is -3.69. The van der Waals surface area contributed by atoms with Crippen molar-refractivity contribution < 1.29 is 17.5 Å². The van der Waals surface area contributed by atoms with Crippen molar-refractivity contribution in [3.63, 3.8) is 0 Å². The fourth-order valence-corrected chi connectivity index (χ4v) is 4.82. The second kappa shape index (κ2) is 7.92. The topological polar surface area (TPSA) is 58.6 Å². The molecule has 25 heavy (non-hydrogen) atoms. The first kappa shape index (κ1) is 18.5. The lowest BCUT2D eigenvalue weighted by molar-refractivity contribution is 0.0179. The molecule has 0 aliphatic carbocycles. The Balaban J connectivity index is 1.76. The number of morpholine rings is 1. The summed E-state index contributed by atoms with van der Waals surface area (Å²) in [5.41, 5.74) is 0.311. The summed E-state index contributed by atoms with van der Waals surface area (Å²) >= 11 is 1.61. The van der Waals surface area contributed by atoms with Crippen molar-refractivity contribution >= 4 is 21.4 Å². The van der Waals surface area contributed by atoms with Crippen LogP contribution in [0.3, 0.4) is 0 Å². The molecule has 1 aromatic heterocycles. The highest BCUT2D eigenvalue weighted by molar-refractivity contribution is 7.89. The van der Waals surface area contributed by atoms with Gasteiger partial charge in [-0.25, -0.2) is 17.5 Å². The number of ether oxygens (including phenoxy) is 1. The van der Waals surface area contributed by atoms with Gasteiger partial charge in [0.25, 0.3) is 0 Å². The Labute approximate surface area is 151 Å². The molecule has 2 aromatic rings. The highest BCUT2D eigenvalue weighted by Gasteiger charge is 2.25. The highest BCUT2D eigenvalue weighted by Crippen LogP contribution is 2.26. The molecule has 0 saturated carbocycles. The molecule has 8 heteroatoms. The number of aryl methyl sites for hydroxylation is 1. The maximum Gasteiger partial charge on any atom is 0.240 e. The molecule has 0 spiro atoms. The van der Waals surface area contributed by atoms with E-state index in [9.17, 15) is 12.8 Å². The van der Waals surface area contributed by atoms with Crippen molar-refractivity contribution in [2.75, 3.05) is 32.8 Å². The van der Waals surface area contributed by atoms with Crippen molar-refractivity contribution in [1.82, 2.24) is 9.62 Å². The molecule has 1 aromatic carbocycles. The van der Waals surface area contributed by atoms with Crippen LogP contribution in [0.25, 0.3) is 0 Å². The monoisotopic (exact) mass is 384 g/mol. The van der Waals surface area contributed by atoms with Crippen LogP contribution in [0.2, 0.25) is 0 Å². The number of sulfonamides is 1. The molecular formula is C17H21FN2O3S2. The van der Waals surface area contributed by atoms with Crippen molar-refractivity contribution in [3.05, 3.63) is 52.0 Å². The Bertz CT molecular complexity index is 803. The summed E-state index contributed by atoms with van der Waals surface area (Å²) in [7, 11) is -3.69. The number of nitrogens with zero attached hydrogens (tertiary/aromatic N) is 1. The smallest absolute Gasteiger partial charge is 0.240 e. The van der Waals surface area contributed by atoms with Gasteiger partial charge in [0.2, 0.25) is 10.0 Å². The predicted molar refractivity (Wildman–Crippen MR) is 95.8 cm³/mol. The van der Waals surface area contributed by atoms with E-state index < -0.39 is 15.8 Å². The normalized spacial score (nSPS) is 17.5. The maximum atomic E-state index is 13.4. The van der Waals surface area contributed by atoms with Crippen LogP contribution >= 0.6 is 11.3 Å². The van der Waals surface area contributed by atoms with Gasteiger partial charge in [0.05, 0.1) is 24.2 Å². The molecule has 1 fully saturated rings. The van der Waals surface area contributed by atoms with E-state index in [1.54, 1.807) is 18.3 Å². The minimum Gasteiger partial charge on any atom is -0.379 e. The van der Waals surface area contributed by atoms with Gasteiger partial charge < -0.3 is 4.74 Å². The van der Waals surface area contributed by atoms with E-state index >= 15 is 0 Å². The van der Waals surface area contributed by atoms with Gasteiger partial charge in [-0.05, 0) is 42.1 Å². The molecule has 5 nitrogen and oxygen atoms in total. The van der Waals surface area contributed by atoms with Crippen LogP contribution in [0.5, 0.6) is 0 Å². The summed E-state index contributed by atoms with van der Waals surface area (Å²) in [6.45, 7) is 4.63. The first-order chi connectivity index (χ1) is 12.0. The number of rotatable bonds is 6. The summed E-state index contributed by atoms with van der Waals surface area (Å²) in [4.78, 5) is 3.42. The Hall–Kier alpha value is -1.32. The SMILES string of the molecule is Cc1cc(S(=O)(=O)NC[C@H](c2cccs2)N2CCOCC2)ccc1F. The third kappa shape index (κ3) is 4.45. The number of hydrogen-bond acceptors (Lipinski definition) is 5. The predicted octanol–water partition coefficient (Wildman–Crippen LogP) is 2.55. The van der Waals surface area contributed by atoms with E-state index in [1.807, 2.05) is 17.5 Å². The molecule has 0 radical (unpaired) electrons. The summed E-state index contributed by atoms with van der Waals surface area (Å²) in [5.74, 6) is -0.413. The van der Waals surface area contributed by atoms with Gasteiger partial charge in [-0.3, -0.25) is 4.90 Å². The van der Waals surface area contributed by atoms with Crippen LogP contribution in [-0.4, -0.2) is 46.2 Å². The maximum absolute atomic E-state index is 13.4. The summed E-state index contributed by atoms with van der Waals surface area (Å²) in [6, 6.07) is 7.77. The average Bonchev–Trinajstić information content (AvgIpc) is 3.12. The third-order valence-electron chi connectivity index (χ3n) is 4.26. The summed E-state index contributed by atoms with van der Waals surface area (Å²) < 4.78 is 46.6. The molecule has 0 bridgehead atoms. The van der Waals surface area contributed by atoms with Gasteiger partial charge in [-0.1, -0.05) is 6.07 Å². The van der Waals surface area contributed by atoms with Gasteiger partial charge in [0.1, 0.15) is 5.82 Å². The molecule has 1 atom stereocenters. The first-order valence-corrected chi connectivity index (χ1v) is 10.4. The van der Waals surface area contributed by atoms with Gasteiger partial charge >= 0.3 is 0 Å². The molecule has 2 heterocycles. The highest BCUT2D eigenvalue weighted by atomic mass is 32.2. The van der Waals surface area contributed by atoms with Crippen LogP contribution in [0.4, 0.5) is 4.39 Å². The van der Waals surface area contributed by atoms with E-state index in [0.29, 0.717) is 18.8 Å². The van der Waals surface area contributed by atoms with Crippen molar-refractivity contribution in [3.8, 4) is 0 Å². The van der Waals surface area contributed by atoms with E-state index in [2.05, 4.69) is 9.62 Å². The Kier molecular flexibility index (Phi) is 5.85. The van der Waals surface area contributed by atoms with E-state index in [1.165, 1.54) is 18.2 Å². The lowest BCUT2D eigenvalue weighted by atomic mass is 10.2. The van der Waals surface area contributed by atoms with E-state index in [4.69, 9.17) is 4.74 Å². The molecule has 0 unspecified atom stereocenters. The number of halogens is 1.